The Balaban J connectivity index is 2.11. The number of rotatable bonds is 2. The Kier molecular flexibility index (Phi) is 3.43. The molecule has 3 rings (SSSR count). The lowest BCUT2D eigenvalue weighted by molar-refractivity contribution is 0.464. The van der Waals surface area contributed by atoms with E-state index in [9.17, 15) is 0 Å². The van der Waals surface area contributed by atoms with Gasteiger partial charge in [-0.1, -0.05) is 29.8 Å². The van der Waals surface area contributed by atoms with E-state index in [4.69, 9.17) is 0 Å². The zero-order valence-electron chi connectivity index (χ0n) is 14.5. The van der Waals surface area contributed by atoms with Gasteiger partial charge >= 0.3 is 0 Å². The van der Waals surface area contributed by atoms with Crippen molar-refractivity contribution in [3.05, 3.63) is 59.2 Å². The van der Waals surface area contributed by atoms with Gasteiger partial charge in [0.2, 0.25) is 0 Å². The standard InChI is InChI=1S/C20H26N2/c1-14-7-12-18-17(13-14)19(20(2,3)22(18)6)15-8-10-16(11-9-15)21(4)5/h7-13,19H,1-6H3. The zero-order valence-corrected chi connectivity index (χ0v) is 14.5. The topological polar surface area (TPSA) is 6.48 Å². The van der Waals surface area contributed by atoms with Crippen molar-refractivity contribution in [3.8, 4) is 0 Å². The molecule has 0 bridgehead atoms. The van der Waals surface area contributed by atoms with Crippen molar-refractivity contribution in [3.63, 3.8) is 0 Å². The molecule has 0 N–H and O–H groups in total. The first-order chi connectivity index (χ1) is 10.3. The van der Waals surface area contributed by atoms with Crippen LogP contribution in [0.1, 0.15) is 36.5 Å². The summed E-state index contributed by atoms with van der Waals surface area (Å²) in [6.45, 7) is 6.86. The summed E-state index contributed by atoms with van der Waals surface area (Å²) in [5.74, 6) is 0.406. The number of likely N-dealkylation sites (N-methyl/N-ethyl adjacent to an activating group) is 1. The van der Waals surface area contributed by atoms with Crippen LogP contribution in [0.5, 0.6) is 0 Å². The maximum Gasteiger partial charge on any atom is 0.0452 e. The first kappa shape index (κ1) is 15.0. The molecule has 0 radical (unpaired) electrons. The van der Waals surface area contributed by atoms with E-state index in [0.717, 1.165) is 0 Å². The smallest absolute Gasteiger partial charge is 0.0452 e. The van der Waals surface area contributed by atoms with Crippen LogP contribution in [0.15, 0.2) is 42.5 Å². The summed E-state index contributed by atoms with van der Waals surface area (Å²) < 4.78 is 0. The molecule has 1 aliphatic heterocycles. The molecule has 0 amide bonds. The Morgan fingerprint density at radius 1 is 1.00 bits per heavy atom. The monoisotopic (exact) mass is 294 g/mol. The Morgan fingerprint density at radius 2 is 1.64 bits per heavy atom. The van der Waals surface area contributed by atoms with Crippen LogP contribution in [0.4, 0.5) is 11.4 Å². The Hall–Kier alpha value is -1.96. The highest BCUT2D eigenvalue weighted by molar-refractivity contribution is 5.67. The third kappa shape index (κ3) is 2.18. The molecule has 1 unspecified atom stereocenters. The number of benzene rings is 2. The van der Waals surface area contributed by atoms with Crippen LogP contribution in [0, 0.1) is 6.92 Å². The lowest BCUT2D eigenvalue weighted by atomic mass is 9.79. The second-order valence-electron chi connectivity index (χ2n) is 7.19. The largest absolute Gasteiger partial charge is 0.378 e. The first-order valence-electron chi connectivity index (χ1n) is 7.94. The van der Waals surface area contributed by atoms with Crippen LogP contribution in [0.25, 0.3) is 0 Å². The molecule has 1 atom stereocenters. The van der Waals surface area contributed by atoms with Crippen LogP contribution in [-0.2, 0) is 0 Å². The third-order valence-corrected chi connectivity index (χ3v) is 5.17. The van der Waals surface area contributed by atoms with Gasteiger partial charge in [0, 0.05) is 44.0 Å². The highest BCUT2D eigenvalue weighted by Crippen LogP contribution is 2.50. The average molecular weight is 294 g/mol. The molecule has 0 saturated carbocycles. The molecule has 2 aromatic rings. The van der Waals surface area contributed by atoms with E-state index in [2.05, 4.69) is 94.2 Å². The van der Waals surface area contributed by atoms with Gasteiger partial charge in [0.15, 0.2) is 0 Å². The number of fused-ring (bicyclic) bond motifs is 1. The molecule has 2 heteroatoms. The zero-order chi connectivity index (χ0) is 16.1. The molecule has 1 aliphatic rings. The second kappa shape index (κ2) is 5.05. The number of hydrogen-bond donors (Lipinski definition) is 0. The lowest BCUT2D eigenvalue weighted by Gasteiger charge is -2.35. The van der Waals surface area contributed by atoms with E-state index in [1.807, 2.05) is 0 Å². The maximum absolute atomic E-state index is 2.42. The van der Waals surface area contributed by atoms with E-state index in [1.54, 1.807) is 0 Å². The van der Waals surface area contributed by atoms with Crippen molar-refractivity contribution in [1.82, 2.24) is 0 Å². The summed E-state index contributed by atoms with van der Waals surface area (Å²) in [7, 11) is 6.38. The fourth-order valence-electron chi connectivity index (χ4n) is 3.65. The summed E-state index contributed by atoms with van der Waals surface area (Å²) >= 11 is 0. The van der Waals surface area contributed by atoms with Crippen molar-refractivity contribution < 1.29 is 0 Å². The van der Waals surface area contributed by atoms with Gasteiger partial charge in [-0.3, -0.25) is 0 Å². The molecule has 0 fully saturated rings. The molecule has 22 heavy (non-hydrogen) atoms. The average Bonchev–Trinajstić information content (AvgIpc) is 2.66. The van der Waals surface area contributed by atoms with Gasteiger partial charge in [-0.05, 0) is 50.1 Å². The maximum atomic E-state index is 2.42. The number of nitrogens with zero attached hydrogens (tertiary/aromatic N) is 2. The van der Waals surface area contributed by atoms with E-state index in [-0.39, 0.29) is 5.54 Å². The first-order valence-corrected chi connectivity index (χ1v) is 7.94. The lowest BCUT2D eigenvalue weighted by Crippen LogP contribution is -2.41. The van der Waals surface area contributed by atoms with Gasteiger partial charge in [0.1, 0.15) is 0 Å². The fraction of sp³-hybridized carbons (Fsp3) is 0.400. The minimum Gasteiger partial charge on any atom is -0.378 e. The Morgan fingerprint density at radius 3 is 2.23 bits per heavy atom. The molecule has 2 aromatic carbocycles. The summed E-state index contributed by atoms with van der Waals surface area (Å²) in [6, 6.07) is 15.8. The molecule has 0 aliphatic carbocycles. The van der Waals surface area contributed by atoms with Gasteiger partial charge in [0.25, 0.3) is 0 Å². The molecule has 0 spiro atoms. The van der Waals surface area contributed by atoms with Crippen LogP contribution in [0.2, 0.25) is 0 Å². The Labute approximate surface area is 134 Å². The van der Waals surface area contributed by atoms with E-state index >= 15 is 0 Å². The highest BCUT2D eigenvalue weighted by Gasteiger charge is 2.43. The number of hydrogen-bond acceptors (Lipinski definition) is 2. The quantitative estimate of drug-likeness (QED) is 0.809. The molecular formula is C20H26N2. The van der Waals surface area contributed by atoms with E-state index in [0.29, 0.717) is 5.92 Å². The van der Waals surface area contributed by atoms with Crippen LogP contribution < -0.4 is 9.80 Å². The molecule has 1 heterocycles. The summed E-state index contributed by atoms with van der Waals surface area (Å²) in [6.07, 6.45) is 0. The molecule has 0 aromatic heterocycles. The minimum atomic E-state index is 0.0791. The van der Waals surface area contributed by atoms with Gasteiger partial charge in [-0.25, -0.2) is 0 Å². The molecule has 116 valence electrons. The predicted molar refractivity (Wildman–Crippen MR) is 96.3 cm³/mol. The van der Waals surface area contributed by atoms with Gasteiger partial charge in [-0.2, -0.15) is 0 Å². The third-order valence-electron chi connectivity index (χ3n) is 5.17. The van der Waals surface area contributed by atoms with Crippen molar-refractivity contribution >= 4 is 11.4 Å². The van der Waals surface area contributed by atoms with Crippen molar-refractivity contribution in [2.45, 2.75) is 32.2 Å². The number of aryl methyl sites for hydroxylation is 1. The summed E-state index contributed by atoms with van der Waals surface area (Å²) in [4.78, 5) is 4.57. The van der Waals surface area contributed by atoms with Gasteiger partial charge < -0.3 is 9.80 Å². The molecule has 2 nitrogen and oxygen atoms in total. The van der Waals surface area contributed by atoms with Crippen molar-refractivity contribution in [1.29, 1.82) is 0 Å². The second-order valence-corrected chi connectivity index (χ2v) is 7.19. The Bertz CT molecular complexity index is 683. The van der Waals surface area contributed by atoms with Crippen LogP contribution in [0.3, 0.4) is 0 Å². The van der Waals surface area contributed by atoms with Crippen LogP contribution in [-0.4, -0.2) is 26.7 Å². The van der Waals surface area contributed by atoms with Gasteiger partial charge in [0.05, 0.1) is 0 Å². The van der Waals surface area contributed by atoms with Crippen molar-refractivity contribution in [2.24, 2.45) is 0 Å². The summed E-state index contributed by atoms with van der Waals surface area (Å²) in [5.41, 5.74) is 6.86. The van der Waals surface area contributed by atoms with E-state index < -0.39 is 0 Å². The van der Waals surface area contributed by atoms with Gasteiger partial charge in [-0.15, -0.1) is 0 Å². The normalized spacial score (nSPS) is 19.2. The summed E-state index contributed by atoms with van der Waals surface area (Å²) in [5, 5.41) is 0. The number of anilines is 2. The predicted octanol–water partition coefficient (Wildman–Crippen LogP) is 4.42. The highest BCUT2D eigenvalue weighted by atomic mass is 15.2. The van der Waals surface area contributed by atoms with Crippen LogP contribution >= 0.6 is 0 Å². The molecule has 0 saturated heterocycles. The fourth-order valence-corrected chi connectivity index (χ4v) is 3.65. The van der Waals surface area contributed by atoms with E-state index in [1.165, 1.54) is 28.1 Å². The minimum absolute atomic E-state index is 0.0791. The van der Waals surface area contributed by atoms with Crippen molar-refractivity contribution in [2.75, 3.05) is 30.9 Å². The molecular weight excluding hydrogens is 268 g/mol. The SMILES string of the molecule is Cc1ccc2c(c1)C(c1ccc(N(C)C)cc1)C(C)(C)N2C.